The first kappa shape index (κ1) is 14.5. The van der Waals surface area contributed by atoms with Crippen LogP contribution in [0.1, 0.15) is 16.1 Å². The molecule has 0 saturated carbocycles. The molecule has 110 valence electrons. The molecule has 0 aliphatic carbocycles. The summed E-state index contributed by atoms with van der Waals surface area (Å²) in [6, 6.07) is 17.3. The molecule has 3 aromatic rings. The van der Waals surface area contributed by atoms with Gasteiger partial charge in [-0.1, -0.05) is 51.5 Å². The highest BCUT2D eigenvalue weighted by atomic mass is 79.9. The molecule has 1 heterocycles. The van der Waals surface area contributed by atoms with Crippen molar-refractivity contribution in [3.63, 3.8) is 0 Å². The Kier molecular flexibility index (Phi) is 4.29. The van der Waals surface area contributed by atoms with Crippen LogP contribution < -0.4 is 5.32 Å². The van der Waals surface area contributed by atoms with Gasteiger partial charge in [0.2, 0.25) is 0 Å². The van der Waals surface area contributed by atoms with Crippen molar-refractivity contribution in [2.75, 3.05) is 0 Å². The van der Waals surface area contributed by atoms with E-state index >= 15 is 0 Å². The lowest BCUT2D eigenvalue weighted by molar-refractivity contribution is 0.0946. The fraction of sp³-hybridized carbons (Fsp3) is 0.0625. The highest BCUT2D eigenvalue weighted by Crippen LogP contribution is 2.13. The van der Waals surface area contributed by atoms with E-state index in [0.29, 0.717) is 12.2 Å². The van der Waals surface area contributed by atoms with E-state index in [1.165, 1.54) is 0 Å². The summed E-state index contributed by atoms with van der Waals surface area (Å²) in [7, 11) is 0. The Morgan fingerprint density at radius 2 is 1.82 bits per heavy atom. The van der Waals surface area contributed by atoms with Crippen molar-refractivity contribution in [2.45, 2.75) is 6.54 Å². The molecule has 0 bridgehead atoms. The molecular formula is C16H13BrN4O. The SMILES string of the molecule is O=C(NCc1ccccc1)c1cn(-c2ccc(Br)cc2)nn1. The van der Waals surface area contributed by atoms with Gasteiger partial charge in [0.15, 0.2) is 5.69 Å². The Morgan fingerprint density at radius 1 is 1.09 bits per heavy atom. The lowest BCUT2D eigenvalue weighted by Gasteiger charge is -2.02. The Hall–Kier alpha value is -2.47. The molecule has 0 radical (unpaired) electrons. The van der Waals surface area contributed by atoms with E-state index in [9.17, 15) is 4.79 Å². The summed E-state index contributed by atoms with van der Waals surface area (Å²) >= 11 is 3.38. The molecule has 1 amide bonds. The molecule has 1 aromatic heterocycles. The van der Waals surface area contributed by atoms with Crippen molar-refractivity contribution >= 4 is 21.8 Å². The van der Waals surface area contributed by atoms with E-state index in [4.69, 9.17) is 0 Å². The third-order valence-corrected chi connectivity index (χ3v) is 3.64. The van der Waals surface area contributed by atoms with Gasteiger partial charge in [-0.05, 0) is 29.8 Å². The first-order valence-corrected chi connectivity index (χ1v) is 7.52. The first-order chi connectivity index (χ1) is 10.7. The molecule has 0 spiro atoms. The minimum Gasteiger partial charge on any atom is -0.347 e. The van der Waals surface area contributed by atoms with Gasteiger partial charge in [-0.25, -0.2) is 4.68 Å². The summed E-state index contributed by atoms with van der Waals surface area (Å²) < 4.78 is 2.56. The fourth-order valence-corrected chi connectivity index (χ4v) is 2.22. The maximum Gasteiger partial charge on any atom is 0.273 e. The number of amides is 1. The van der Waals surface area contributed by atoms with Crippen LogP contribution in [0.2, 0.25) is 0 Å². The highest BCUT2D eigenvalue weighted by molar-refractivity contribution is 9.10. The Bertz CT molecular complexity index is 768. The van der Waals surface area contributed by atoms with Crippen molar-refractivity contribution in [3.8, 4) is 5.69 Å². The van der Waals surface area contributed by atoms with Crippen molar-refractivity contribution in [1.82, 2.24) is 20.3 Å². The van der Waals surface area contributed by atoms with Crippen LogP contribution in [0.3, 0.4) is 0 Å². The smallest absolute Gasteiger partial charge is 0.273 e. The Labute approximate surface area is 136 Å². The molecule has 0 aliphatic rings. The maximum atomic E-state index is 12.1. The second-order valence-electron chi connectivity index (χ2n) is 4.69. The largest absolute Gasteiger partial charge is 0.347 e. The number of nitrogens with one attached hydrogen (secondary N) is 1. The number of hydrogen-bond acceptors (Lipinski definition) is 3. The van der Waals surface area contributed by atoms with Crippen LogP contribution in [-0.2, 0) is 6.54 Å². The first-order valence-electron chi connectivity index (χ1n) is 6.73. The second-order valence-corrected chi connectivity index (χ2v) is 5.61. The Morgan fingerprint density at radius 3 is 2.55 bits per heavy atom. The van der Waals surface area contributed by atoms with Gasteiger partial charge in [-0.2, -0.15) is 0 Å². The van der Waals surface area contributed by atoms with E-state index in [1.807, 2.05) is 54.6 Å². The quantitative estimate of drug-likeness (QED) is 0.781. The van der Waals surface area contributed by atoms with E-state index in [1.54, 1.807) is 10.9 Å². The molecule has 0 atom stereocenters. The van der Waals surface area contributed by atoms with Gasteiger partial charge in [0.05, 0.1) is 11.9 Å². The van der Waals surface area contributed by atoms with Crippen molar-refractivity contribution in [2.24, 2.45) is 0 Å². The topological polar surface area (TPSA) is 59.8 Å². The van der Waals surface area contributed by atoms with E-state index in [0.717, 1.165) is 15.7 Å². The van der Waals surface area contributed by atoms with Crippen LogP contribution in [0, 0.1) is 0 Å². The summed E-state index contributed by atoms with van der Waals surface area (Å²) in [6.07, 6.45) is 1.61. The van der Waals surface area contributed by atoms with Gasteiger partial charge < -0.3 is 5.32 Å². The lowest BCUT2D eigenvalue weighted by atomic mass is 10.2. The zero-order valence-electron chi connectivity index (χ0n) is 11.6. The number of carbonyl (C=O) groups is 1. The van der Waals surface area contributed by atoms with Gasteiger partial charge in [-0.3, -0.25) is 4.79 Å². The average Bonchev–Trinajstić information content (AvgIpc) is 3.04. The van der Waals surface area contributed by atoms with Crippen LogP contribution in [0.4, 0.5) is 0 Å². The minimum absolute atomic E-state index is 0.243. The van der Waals surface area contributed by atoms with Crippen molar-refractivity contribution in [1.29, 1.82) is 0 Å². The summed E-state index contributed by atoms with van der Waals surface area (Å²) in [5.41, 5.74) is 2.17. The average molecular weight is 357 g/mol. The maximum absolute atomic E-state index is 12.1. The van der Waals surface area contributed by atoms with Crippen LogP contribution in [0.25, 0.3) is 5.69 Å². The zero-order valence-corrected chi connectivity index (χ0v) is 13.2. The number of nitrogens with zero attached hydrogens (tertiary/aromatic N) is 3. The Balaban J connectivity index is 1.68. The van der Waals surface area contributed by atoms with Gasteiger partial charge in [0, 0.05) is 11.0 Å². The summed E-state index contributed by atoms with van der Waals surface area (Å²) in [6.45, 7) is 0.463. The number of benzene rings is 2. The number of hydrogen-bond donors (Lipinski definition) is 1. The standard InChI is InChI=1S/C16H13BrN4O/c17-13-6-8-14(9-7-13)21-11-15(19-20-21)16(22)18-10-12-4-2-1-3-5-12/h1-9,11H,10H2,(H,18,22). The third kappa shape index (κ3) is 3.40. The predicted molar refractivity (Wildman–Crippen MR) is 86.7 cm³/mol. The molecule has 5 nitrogen and oxygen atoms in total. The van der Waals surface area contributed by atoms with Crippen molar-refractivity contribution < 1.29 is 4.79 Å². The van der Waals surface area contributed by atoms with E-state index < -0.39 is 0 Å². The molecule has 3 rings (SSSR count). The minimum atomic E-state index is -0.243. The van der Waals surface area contributed by atoms with Gasteiger partial charge >= 0.3 is 0 Å². The fourth-order valence-electron chi connectivity index (χ4n) is 1.96. The lowest BCUT2D eigenvalue weighted by Crippen LogP contribution is -2.23. The van der Waals surface area contributed by atoms with E-state index in [2.05, 4.69) is 31.6 Å². The number of halogens is 1. The summed E-state index contributed by atoms with van der Waals surface area (Å²) in [4.78, 5) is 12.1. The third-order valence-electron chi connectivity index (χ3n) is 3.11. The van der Waals surface area contributed by atoms with Gasteiger partial charge in [0.25, 0.3) is 5.91 Å². The van der Waals surface area contributed by atoms with Crippen molar-refractivity contribution in [3.05, 3.63) is 76.5 Å². The molecule has 0 aliphatic heterocycles. The van der Waals surface area contributed by atoms with Crippen LogP contribution >= 0.6 is 15.9 Å². The zero-order chi connectivity index (χ0) is 15.4. The van der Waals surface area contributed by atoms with Gasteiger partial charge in [-0.15, -0.1) is 5.10 Å². The second kappa shape index (κ2) is 6.53. The normalized spacial score (nSPS) is 10.4. The highest BCUT2D eigenvalue weighted by Gasteiger charge is 2.11. The van der Waals surface area contributed by atoms with Crippen LogP contribution in [0.15, 0.2) is 65.3 Å². The molecular weight excluding hydrogens is 344 g/mol. The number of carbonyl (C=O) groups excluding carboxylic acids is 1. The van der Waals surface area contributed by atoms with Crippen LogP contribution in [-0.4, -0.2) is 20.9 Å². The van der Waals surface area contributed by atoms with Crippen LogP contribution in [0.5, 0.6) is 0 Å². The van der Waals surface area contributed by atoms with E-state index in [-0.39, 0.29) is 5.91 Å². The molecule has 0 unspecified atom stereocenters. The molecule has 2 aromatic carbocycles. The molecule has 6 heteroatoms. The number of rotatable bonds is 4. The summed E-state index contributed by atoms with van der Waals surface area (Å²) in [5.74, 6) is -0.243. The summed E-state index contributed by atoms with van der Waals surface area (Å²) in [5, 5.41) is 10.7. The molecule has 1 N–H and O–H groups in total. The molecule has 22 heavy (non-hydrogen) atoms. The molecule has 0 fully saturated rings. The van der Waals surface area contributed by atoms with Gasteiger partial charge in [0.1, 0.15) is 0 Å². The monoisotopic (exact) mass is 356 g/mol. The number of aromatic nitrogens is 3. The molecule has 0 saturated heterocycles. The predicted octanol–water partition coefficient (Wildman–Crippen LogP) is 2.96.